The molecule has 3 nitrogen and oxygen atoms in total. The van der Waals surface area contributed by atoms with Gasteiger partial charge in [0.15, 0.2) is 0 Å². The second-order valence-corrected chi connectivity index (χ2v) is 5.43. The van der Waals surface area contributed by atoms with Gasteiger partial charge >= 0.3 is 0 Å². The molecule has 0 saturated heterocycles. The lowest BCUT2D eigenvalue weighted by Gasteiger charge is -2.12. The zero-order valence-corrected chi connectivity index (χ0v) is 13.3. The minimum absolute atomic E-state index is 0.331. The van der Waals surface area contributed by atoms with Crippen LogP contribution in [0.4, 0.5) is 11.4 Å². The fourth-order valence-corrected chi connectivity index (χ4v) is 2.19. The van der Waals surface area contributed by atoms with E-state index in [-0.39, 0.29) is 0 Å². The third-order valence-corrected chi connectivity index (χ3v) is 3.31. The highest BCUT2D eigenvalue weighted by Crippen LogP contribution is 2.26. The molecule has 0 aromatic heterocycles. The van der Waals surface area contributed by atoms with Crippen LogP contribution in [0.3, 0.4) is 0 Å². The van der Waals surface area contributed by atoms with Crippen LogP contribution >= 0.6 is 23.8 Å². The van der Waals surface area contributed by atoms with E-state index in [0.29, 0.717) is 16.6 Å². The Kier molecular flexibility index (Phi) is 5.42. The standard InChI is InChI=1S/C16H17ClN2OS/c1-2-9-20-13-6-4-12(5-7-13)19-15-10-11(17)3-8-14(15)16(18)21/h3-8,10,19H,2,9H2,1H3,(H2,18,21). The van der Waals surface area contributed by atoms with Crippen LogP contribution in [0.25, 0.3) is 0 Å². The van der Waals surface area contributed by atoms with Crippen LogP contribution in [-0.4, -0.2) is 11.6 Å². The van der Waals surface area contributed by atoms with Gasteiger partial charge in [0.25, 0.3) is 0 Å². The summed E-state index contributed by atoms with van der Waals surface area (Å²) in [5.74, 6) is 0.850. The fraction of sp³-hybridized carbons (Fsp3) is 0.188. The maximum Gasteiger partial charge on any atom is 0.119 e. The van der Waals surface area contributed by atoms with Crippen molar-refractivity contribution in [2.45, 2.75) is 13.3 Å². The van der Waals surface area contributed by atoms with Gasteiger partial charge in [-0.05, 0) is 48.9 Å². The summed E-state index contributed by atoms with van der Waals surface area (Å²) in [5.41, 5.74) is 8.19. The summed E-state index contributed by atoms with van der Waals surface area (Å²) in [7, 11) is 0. The van der Waals surface area contributed by atoms with Gasteiger partial charge < -0.3 is 15.8 Å². The summed E-state index contributed by atoms with van der Waals surface area (Å²) in [6.07, 6.45) is 0.986. The second-order valence-electron chi connectivity index (χ2n) is 4.55. The molecular weight excluding hydrogens is 304 g/mol. The molecule has 0 spiro atoms. The van der Waals surface area contributed by atoms with Crippen molar-refractivity contribution in [3.63, 3.8) is 0 Å². The number of nitrogens with one attached hydrogen (secondary N) is 1. The zero-order valence-electron chi connectivity index (χ0n) is 11.7. The SMILES string of the molecule is CCCOc1ccc(Nc2cc(Cl)ccc2C(N)=S)cc1. The molecule has 0 aliphatic rings. The number of ether oxygens (including phenoxy) is 1. The van der Waals surface area contributed by atoms with E-state index in [1.165, 1.54) is 0 Å². The Hall–Kier alpha value is -1.78. The molecule has 5 heteroatoms. The lowest BCUT2D eigenvalue weighted by atomic mass is 10.1. The van der Waals surface area contributed by atoms with Gasteiger partial charge in [0, 0.05) is 16.3 Å². The Morgan fingerprint density at radius 2 is 1.95 bits per heavy atom. The molecule has 0 atom stereocenters. The minimum atomic E-state index is 0.331. The van der Waals surface area contributed by atoms with Crippen LogP contribution in [-0.2, 0) is 0 Å². The maximum absolute atomic E-state index is 6.03. The van der Waals surface area contributed by atoms with E-state index in [1.807, 2.05) is 30.3 Å². The van der Waals surface area contributed by atoms with Gasteiger partial charge in [0.2, 0.25) is 0 Å². The summed E-state index contributed by atoms with van der Waals surface area (Å²) in [5, 5.41) is 3.90. The van der Waals surface area contributed by atoms with Crippen LogP contribution < -0.4 is 15.8 Å². The number of halogens is 1. The predicted octanol–water partition coefficient (Wildman–Crippen LogP) is 4.51. The maximum atomic E-state index is 6.03. The molecule has 0 radical (unpaired) electrons. The molecule has 0 unspecified atom stereocenters. The van der Waals surface area contributed by atoms with Crippen molar-refractivity contribution in [3.05, 3.63) is 53.1 Å². The van der Waals surface area contributed by atoms with Crippen molar-refractivity contribution in [1.82, 2.24) is 0 Å². The predicted molar refractivity (Wildman–Crippen MR) is 92.9 cm³/mol. The van der Waals surface area contributed by atoms with Gasteiger partial charge in [-0.3, -0.25) is 0 Å². The van der Waals surface area contributed by atoms with Gasteiger partial charge in [-0.1, -0.05) is 30.7 Å². The molecule has 0 aliphatic heterocycles. The minimum Gasteiger partial charge on any atom is -0.494 e. The quantitative estimate of drug-likeness (QED) is 0.769. The number of nitrogens with two attached hydrogens (primary N) is 1. The summed E-state index contributed by atoms with van der Waals surface area (Å²) >= 11 is 11.1. The molecule has 110 valence electrons. The highest BCUT2D eigenvalue weighted by atomic mass is 35.5. The topological polar surface area (TPSA) is 47.3 Å². The zero-order chi connectivity index (χ0) is 15.2. The first-order valence-electron chi connectivity index (χ1n) is 6.69. The number of hydrogen-bond acceptors (Lipinski definition) is 3. The van der Waals surface area contributed by atoms with E-state index in [0.717, 1.165) is 29.1 Å². The van der Waals surface area contributed by atoms with Crippen molar-refractivity contribution < 1.29 is 4.74 Å². The van der Waals surface area contributed by atoms with E-state index in [1.54, 1.807) is 12.1 Å². The number of thiocarbonyl (C=S) groups is 1. The van der Waals surface area contributed by atoms with Crippen LogP contribution in [0.5, 0.6) is 5.75 Å². The van der Waals surface area contributed by atoms with Gasteiger partial charge in [-0.2, -0.15) is 0 Å². The van der Waals surface area contributed by atoms with Gasteiger partial charge in [0.1, 0.15) is 10.7 Å². The van der Waals surface area contributed by atoms with Crippen LogP contribution in [0.1, 0.15) is 18.9 Å². The monoisotopic (exact) mass is 320 g/mol. The van der Waals surface area contributed by atoms with Crippen molar-refractivity contribution in [2.24, 2.45) is 5.73 Å². The molecule has 0 heterocycles. The van der Waals surface area contributed by atoms with Gasteiger partial charge in [-0.25, -0.2) is 0 Å². The molecule has 0 aliphatic carbocycles. The molecule has 21 heavy (non-hydrogen) atoms. The Morgan fingerprint density at radius 3 is 2.57 bits per heavy atom. The third kappa shape index (κ3) is 4.34. The van der Waals surface area contributed by atoms with Gasteiger partial charge in [0.05, 0.1) is 12.3 Å². The molecule has 0 amide bonds. The van der Waals surface area contributed by atoms with E-state index in [9.17, 15) is 0 Å². The molecule has 2 aromatic carbocycles. The average Bonchev–Trinajstić information content (AvgIpc) is 2.46. The Bertz CT molecular complexity index is 629. The first-order chi connectivity index (χ1) is 10.1. The molecule has 3 N–H and O–H groups in total. The molecule has 2 aromatic rings. The highest BCUT2D eigenvalue weighted by molar-refractivity contribution is 7.80. The number of hydrogen-bond donors (Lipinski definition) is 2. The van der Waals surface area contributed by atoms with Crippen molar-refractivity contribution >= 4 is 40.2 Å². The molecule has 0 saturated carbocycles. The Morgan fingerprint density at radius 1 is 1.24 bits per heavy atom. The second kappa shape index (κ2) is 7.29. The summed E-state index contributed by atoms with van der Waals surface area (Å²) in [6, 6.07) is 13.1. The smallest absolute Gasteiger partial charge is 0.119 e. The summed E-state index contributed by atoms with van der Waals surface area (Å²) in [6.45, 7) is 2.79. The fourth-order valence-electron chi connectivity index (χ4n) is 1.84. The van der Waals surface area contributed by atoms with Gasteiger partial charge in [-0.15, -0.1) is 0 Å². The van der Waals surface area contributed by atoms with Crippen LogP contribution in [0, 0.1) is 0 Å². The third-order valence-electron chi connectivity index (χ3n) is 2.85. The first-order valence-corrected chi connectivity index (χ1v) is 7.48. The van der Waals surface area contributed by atoms with E-state index in [4.69, 9.17) is 34.3 Å². The van der Waals surface area contributed by atoms with Crippen molar-refractivity contribution in [3.8, 4) is 5.75 Å². The lowest BCUT2D eigenvalue weighted by molar-refractivity contribution is 0.317. The van der Waals surface area contributed by atoms with E-state index >= 15 is 0 Å². The summed E-state index contributed by atoms with van der Waals surface area (Å²) in [4.78, 5) is 0.331. The largest absolute Gasteiger partial charge is 0.494 e. The van der Waals surface area contributed by atoms with Crippen LogP contribution in [0.15, 0.2) is 42.5 Å². The summed E-state index contributed by atoms with van der Waals surface area (Å²) < 4.78 is 5.55. The number of benzene rings is 2. The first kappa shape index (κ1) is 15.6. The Labute approximate surface area is 135 Å². The molecule has 0 bridgehead atoms. The van der Waals surface area contributed by atoms with E-state index in [2.05, 4.69) is 12.2 Å². The van der Waals surface area contributed by atoms with E-state index < -0.39 is 0 Å². The number of anilines is 2. The molecule has 0 fully saturated rings. The van der Waals surface area contributed by atoms with Crippen molar-refractivity contribution in [2.75, 3.05) is 11.9 Å². The number of rotatable bonds is 6. The lowest BCUT2D eigenvalue weighted by Crippen LogP contribution is -2.11. The molecular formula is C16H17ClN2OS. The Balaban J connectivity index is 2.18. The normalized spacial score (nSPS) is 10.2. The van der Waals surface area contributed by atoms with Crippen LogP contribution in [0.2, 0.25) is 5.02 Å². The average molecular weight is 321 g/mol. The van der Waals surface area contributed by atoms with Crippen molar-refractivity contribution in [1.29, 1.82) is 0 Å². The molecule has 2 rings (SSSR count). The highest BCUT2D eigenvalue weighted by Gasteiger charge is 2.06.